The molecule has 2 aromatic carbocycles. The molecule has 0 atom stereocenters. The highest BCUT2D eigenvalue weighted by Crippen LogP contribution is 2.32. The number of para-hydroxylation sites is 1. The van der Waals surface area contributed by atoms with Crippen LogP contribution in [0.3, 0.4) is 0 Å². The van der Waals surface area contributed by atoms with Crippen molar-refractivity contribution in [3.05, 3.63) is 53.1 Å². The monoisotopic (exact) mass is 257 g/mol. The number of nitrogen functional groups attached to an aromatic ring is 1. The zero-order valence-corrected chi connectivity index (χ0v) is 10.7. The van der Waals surface area contributed by atoms with Gasteiger partial charge in [0, 0.05) is 10.9 Å². The van der Waals surface area contributed by atoms with Crippen LogP contribution in [0.1, 0.15) is 5.56 Å². The van der Waals surface area contributed by atoms with Crippen molar-refractivity contribution in [2.24, 2.45) is 0 Å². The second-order valence-electron chi connectivity index (χ2n) is 4.34. The Hall–Kier alpha value is -1.93. The van der Waals surface area contributed by atoms with Crippen molar-refractivity contribution in [3.8, 4) is 11.3 Å². The molecule has 1 heterocycles. The molecule has 1 aromatic heterocycles. The molecule has 0 unspecified atom stereocenters. The predicted octanol–water partition coefficient (Wildman–Crippen LogP) is 4.64. The minimum atomic E-state index is 0.561. The summed E-state index contributed by atoms with van der Waals surface area (Å²) in [6.07, 6.45) is 0. The topological polar surface area (TPSA) is 39.2 Å². The molecule has 0 aliphatic rings. The van der Waals surface area contributed by atoms with Gasteiger partial charge in [-0.05, 0) is 36.8 Å². The molecule has 0 radical (unpaired) electrons. The van der Waals surface area contributed by atoms with Gasteiger partial charge in [0.1, 0.15) is 11.3 Å². The Balaban J connectivity index is 2.19. The molecule has 0 spiro atoms. The largest absolute Gasteiger partial charge is 0.456 e. The van der Waals surface area contributed by atoms with E-state index in [0.29, 0.717) is 10.7 Å². The zero-order valence-electron chi connectivity index (χ0n) is 9.91. The average Bonchev–Trinajstić information content (AvgIpc) is 2.78. The molecule has 0 bridgehead atoms. The lowest BCUT2D eigenvalue weighted by atomic mass is 10.1. The van der Waals surface area contributed by atoms with Crippen molar-refractivity contribution in [2.45, 2.75) is 6.92 Å². The Morgan fingerprint density at radius 1 is 1.11 bits per heavy atom. The van der Waals surface area contributed by atoms with Gasteiger partial charge >= 0.3 is 0 Å². The number of fused-ring (bicyclic) bond motifs is 1. The lowest BCUT2D eigenvalue weighted by molar-refractivity contribution is 0.629. The van der Waals surface area contributed by atoms with Gasteiger partial charge in [0.05, 0.1) is 10.7 Å². The summed E-state index contributed by atoms with van der Waals surface area (Å²) in [6, 6.07) is 13.6. The van der Waals surface area contributed by atoms with Crippen LogP contribution in [-0.4, -0.2) is 0 Å². The Bertz CT molecular complexity index is 730. The molecule has 0 aliphatic carbocycles. The van der Waals surface area contributed by atoms with E-state index in [2.05, 4.69) is 0 Å². The van der Waals surface area contributed by atoms with Gasteiger partial charge in [-0.2, -0.15) is 0 Å². The van der Waals surface area contributed by atoms with Gasteiger partial charge < -0.3 is 10.2 Å². The van der Waals surface area contributed by atoms with Gasteiger partial charge in [-0.1, -0.05) is 29.8 Å². The molecule has 18 heavy (non-hydrogen) atoms. The first-order valence-corrected chi connectivity index (χ1v) is 6.07. The Morgan fingerprint density at radius 2 is 1.94 bits per heavy atom. The third kappa shape index (κ3) is 1.75. The van der Waals surface area contributed by atoms with Crippen LogP contribution in [0.25, 0.3) is 22.3 Å². The zero-order chi connectivity index (χ0) is 12.7. The number of furan rings is 1. The fraction of sp³-hybridized carbons (Fsp3) is 0.0667. The van der Waals surface area contributed by atoms with E-state index in [4.69, 9.17) is 21.8 Å². The minimum Gasteiger partial charge on any atom is -0.456 e. The fourth-order valence-corrected chi connectivity index (χ4v) is 2.17. The number of benzene rings is 2. The Morgan fingerprint density at radius 3 is 2.67 bits per heavy atom. The smallest absolute Gasteiger partial charge is 0.137 e. The van der Waals surface area contributed by atoms with Crippen molar-refractivity contribution in [3.63, 3.8) is 0 Å². The molecular formula is C15H12ClNO. The average molecular weight is 258 g/mol. The molecule has 3 rings (SSSR count). The van der Waals surface area contributed by atoms with Crippen molar-refractivity contribution < 1.29 is 4.42 Å². The van der Waals surface area contributed by atoms with Crippen LogP contribution in [0, 0.1) is 6.92 Å². The van der Waals surface area contributed by atoms with E-state index in [-0.39, 0.29) is 0 Å². The maximum Gasteiger partial charge on any atom is 0.137 e. The van der Waals surface area contributed by atoms with Gasteiger partial charge in [0.2, 0.25) is 0 Å². The lowest BCUT2D eigenvalue weighted by Crippen LogP contribution is -1.86. The SMILES string of the molecule is Cc1cccc2cc(-c3ccc(Cl)c(N)c3)oc12. The number of halogens is 1. The number of rotatable bonds is 1. The summed E-state index contributed by atoms with van der Waals surface area (Å²) in [6.45, 7) is 2.03. The van der Waals surface area contributed by atoms with Crippen LogP contribution in [0.4, 0.5) is 5.69 Å². The van der Waals surface area contributed by atoms with Crippen LogP contribution in [0.5, 0.6) is 0 Å². The van der Waals surface area contributed by atoms with Crippen LogP contribution < -0.4 is 5.73 Å². The van der Waals surface area contributed by atoms with Crippen LogP contribution in [0.2, 0.25) is 5.02 Å². The molecule has 90 valence electrons. The molecule has 0 aliphatic heterocycles. The molecule has 0 fully saturated rings. The Kier molecular flexibility index (Phi) is 2.53. The quantitative estimate of drug-likeness (QED) is 0.645. The minimum absolute atomic E-state index is 0.561. The van der Waals surface area contributed by atoms with E-state index in [1.165, 1.54) is 0 Å². The molecule has 0 saturated carbocycles. The van der Waals surface area contributed by atoms with Crippen LogP contribution >= 0.6 is 11.6 Å². The molecule has 0 saturated heterocycles. The molecular weight excluding hydrogens is 246 g/mol. The summed E-state index contributed by atoms with van der Waals surface area (Å²) in [5, 5.41) is 1.66. The van der Waals surface area contributed by atoms with Gasteiger partial charge in [0.25, 0.3) is 0 Å². The maximum atomic E-state index is 5.92. The predicted molar refractivity (Wildman–Crippen MR) is 75.8 cm³/mol. The number of aryl methyl sites for hydroxylation is 1. The van der Waals surface area contributed by atoms with Crippen LogP contribution in [0.15, 0.2) is 46.9 Å². The summed E-state index contributed by atoms with van der Waals surface area (Å²) in [7, 11) is 0. The second kappa shape index (κ2) is 4.07. The maximum absolute atomic E-state index is 5.92. The lowest BCUT2D eigenvalue weighted by Gasteiger charge is -2.00. The molecule has 0 amide bonds. The summed E-state index contributed by atoms with van der Waals surface area (Å²) in [5.41, 5.74) is 9.35. The van der Waals surface area contributed by atoms with Gasteiger partial charge in [-0.15, -0.1) is 0 Å². The van der Waals surface area contributed by atoms with E-state index < -0.39 is 0 Å². The first kappa shape index (κ1) is 11.2. The number of hydrogen-bond acceptors (Lipinski definition) is 2. The Labute approximate surface area is 110 Å². The molecule has 3 aromatic rings. The highest BCUT2D eigenvalue weighted by atomic mass is 35.5. The van der Waals surface area contributed by atoms with Crippen molar-refractivity contribution in [1.29, 1.82) is 0 Å². The summed E-state index contributed by atoms with van der Waals surface area (Å²) < 4.78 is 5.88. The van der Waals surface area contributed by atoms with E-state index in [1.54, 1.807) is 6.07 Å². The van der Waals surface area contributed by atoms with Crippen molar-refractivity contribution in [2.75, 3.05) is 5.73 Å². The normalized spacial score (nSPS) is 11.0. The number of anilines is 1. The first-order valence-electron chi connectivity index (χ1n) is 5.70. The second-order valence-corrected chi connectivity index (χ2v) is 4.75. The summed E-state index contributed by atoms with van der Waals surface area (Å²) in [5.74, 6) is 0.808. The summed E-state index contributed by atoms with van der Waals surface area (Å²) in [4.78, 5) is 0. The molecule has 2 nitrogen and oxygen atoms in total. The summed E-state index contributed by atoms with van der Waals surface area (Å²) >= 11 is 5.92. The highest BCUT2D eigenvalue weighted by Gasteiger charge is 2.08. The number of hydrogen-bond donors (Lipinski definition) is 1. The van der Waals surface area contributed by atoms with Gasteiger partial charge in [-0.25, -0.2) is 0 Å². The van der Waals surface area contributed by atoms with Gasteiger partial charge in [0.15, 0.2) is 0 Å². The van der Waals surface area contributed by atoms with Gasteiger partial charge in [-0.3, -0.25) is 0 Å². The first-order chi connectivity index (χ1) is 8.65. The number of nitrogens with two attached hydrogens (primary N) is 1. The highest BCUT2D eigenvalue weighted by molar-refractivity contribution is 6.33. The fourth-order valence-electron chi connectivity index (χ4n) is 2.05. The van der Waals surface area contributed by atoms with E-state index in [1.807, 2.05) is 43.3 Å². The van der Waals surface area contributed by atoms with Crippen LogP contribution in [-0.2, 0) is 0 Å². The van der Waals surface area contributed by atoms with E-state index in [9.17, 15) is 0 Å². The molecule has 2 N–H and O–H groups in total. The third-order valence-corrected chi connectivity index (χ3v) is 3.37. The van der Waals surface area contributed by atoms with E-state index >= 15 is 0 Å². The van der Waals surface area contributed by atoms with E-state index in [0.717, 1.165) is 27.9 Å². The standard InChI is InChI=1S/C15H12ClNO/c1-9-3-2-4-11-8-14(18-15(9)11)10-5-6-12(16)13(17)7-10/h2-8H,17H2,1H3. The third-order valence-electron chi connectivity index (χ3n) is 3.02. The van der Waals surface area contributed by atoms with Crippen molar-refractivity contribution >= 4 is 28.3 Å². The van der Waals surface area contributed by atoms with Crippen molar-refractivity contribution in [1.82, 2.24) is 0 Å². The molecule has 3 heteroatoms.